The lowest BCUT2D eigenvalue weighted by molar-refractivity contribution is 0.0650. The lowest BCUT2D eigenvalue weighted by atomic mass is 9.85. The fourth-order valence-electron chi connectivity index (χ4n) is 4.00. The first-order valence-corrected chi connectivity index (χ1v) is 11.0. The summed E-state index contributed by atoms with van der Waals surface area (Å²) in [6, 6.07) is 3.57. The molecule has 0 saturated carbocycles. The van der Waals surface area contributed by atoms with Gasteiger partial charge < -0.3 is 10.2 Å². The minimum atomic E-state index is -1.15. The van der Waals surface area contributed by atoms with Crippen LogP contribution < -0.4 is 0 Å². The largest absolute Gasteiger partial charge is 0.478 e. The Kier molecular flexibility index (Phi) is 10.9. The van der Waals surface area contributed by atoms with Crippen LogP contribution in [0.15, 0.2) is 12.1 Å². The van der Waals surface area contributed by atoms with Crippen molar-refractivity contribution in [2.75, 3.05) is 0 Å². The summed E-state index contributed by atoms with van der Waals surface area (Å²) in [4.78, 5) is 23.7. The smallest absolute Gasteiger partial charge is 0.336 e. The molecule has 0 amide bonds. The van der Waals surface area contributed by atoms with Gasteiger partial charge in [-0.25, -0.2) is 9.59 Å². The van der Waals surface area contributed by atoms with Crippen LogP contribution in [-0.4, -0.2) is 22.2 Å². The quantitative estimate of drug-likeness (QED) is 0.375. The van der Waals surface area contributed by atoms with Crippen LogP contribution in [0.1, 0.15) is 111 Å². The van der Waals surface area contributed by atoms with E-state index < -0.39 is 11.9 Å². The van der Waals surface area contributed by atoms with E-state index in [2.05, 4.69) is 27.7 Å². The fraction of sp³-hybridized carbons (Fsp3) is 0.667. The monoisotopic (exact) mass is 390 g/mol. The van der Waals surface area contributed by atoms with Crippen molar-refractivity contribution < 1.29 is 19.8 Å². The minimum absolute atomic E-state index is 0.0206. The molecule has 0 spiro atoms. The zero-order valence-electron chi connectivity index (χ0n) is 18.1. The first kappa shape index (κ1) is 24.2. The van der Waals surface area contributed by atoms with Crippen LogP contribution >= 0.6 is 0 Å². The van der Waals surface area contributed by atoms with Gasteiger partial charge in [0, 0.05) is 0 Å². The molecule has 0 aliphatic carbocycles. The van der Waals surface area contributed by atoms with Crippen LogP contribution in [0.5, 0.6) is 0 Å². The molecule has 0 aliphatic rings. The lowest BCUT2D eigenvalue weighted by Crippen LogP contribution is -2.16. The Morgan fingerprint density at radius 2 is 1.36 bits per heavy atom. The maximum Gasteiger partial charge on any atom is 0.336 e. The van der Waals surface area contributed by atoms with Crippen molar-refractivity contribution in [2.45, 2.75) is 91.9 Å². The summed E-state index contributed by atoms with van der Waals surface area (Å²) >= 11 is 0. The maximum absolute atomic E-state index is 11.9. The highest BCUT2D eigenvalue weighted by Gasteiger charge is 2.24. The average Bonchev–Trinajstić information content (AvgIpc) is 2.67. The van der Waals surface area contributed by atoms with Gasteiger partial charge in [0.1, 0.15) is 0 Å². The second-order valence-corrected chi connectivity index (χ2v) is 8.03. The summed E-state index contributed by atoms with van der Waals surface area (Å²) in [6.45, 7) is 8.62. The molecule has 0 aromatic heterocycles. The third kappa shape index (κ3) is 7.29. The number of rotatable bonds is 14. The predicted octanol–water partition coefficient (Wildman–Crippen LogP) is 6.60. The molecule has 2 N–H and O–H groups in total. The molecule has 28 heavy (non-hydrogen) atoms. The highest BCUT2D eigenvalue weighted by Crippen LogP contribution is 2.27. The molecule has 0 aliphatic heterocycles. The summed E-state index contributed by atoms with van der Waals surface area (Å²) in [5.41, 5.74) is 1.57. The van der Waals surface area contributed by atoms with Crippen LogP contribution in [0, 0.1) is 11.8 Å². The van der Waals surface area contributed by atoms with Gasteiger partial charge in [0.25, 0.3) is 0 Å². The highest BCUT2D eigenvalue weighted by atomic mass is 16.4. The Balaban J connectivity index is 3.30. The van der Waals surface area contributed by atoms with E-state index in [1.807, 2.05) is 6.07 Å². The molecule has 2 atom stereocenters. The van der Waals surface area contributed by atoms with E-state index in [-0.39, 0.29) is 11.1 Å². The van der Waals surface area contributed by atoms with E-state index in [9.17, 15) is 19.8 Å². The van der Waals surface area contributed by atoms with Crippen molar-refractivity contribution in [1.82, 2.24) is 0 Å². The van der Waals surface area contributed by atoms with E-state index in [1.54, 1.807) is 6.07 Å². The molecule has 0 saturated heterocycles. The molecule has 0 radical (unpaired) electrons. The van der Waals surface area contributed by atoms with E-state index in [0.717, 1.165) is 56.9 Å². The lowest BCUT2D eigenvalue weighted by Gasteiger charge is -2.20. The van der Waals surface area contributed by atoms with E-state index in [1.165, 1.54) is 6.42 Å². The average molecular weight is 391 g/mol. The second kappa shape index (κ2) is 12.6. The molecule has 1 aromatic carbocycles. The predicted molar refractivity (Wildman–Crippen MR) is 114 cm³/mol. The second-order valence-electron chi connectivity index (χ2n) is 8.03. The Labute approximate surface area is 170 Å². The van der Waals surface area contributed by atoms with Crippen molar-refractivity contribution in [3.05, 3.63) is 34.4 Å². The molecule has 158 valence electrons. The summed E-state index contributed by atoms with van der Waals surface area (Å²) in [6.07, 6.45) is 10.2. The Hall–Kier alpha value is -1.84. The number of aromatic carboxylic acids is 2. The van der Waals surface area contributed by atoms with E-state index in [0.29, 0.717) is 23.8 Å². The normalized spacial score (nSPS) is 13.3. The molecule has 0 bridgehead atoms. The van der Waals surface area contributed by atoms with Crippen LogP contribution in [0.25, 0.3) is 0 Å². The number of unbranched alkanes of at least 4 members (excludes halogenated alkanes) is 2. The van der Waals surface area contributed by atoms with Crippen LogP contribution in [0.2, 0.25) is 0 Å². The topological polar surface area (TPSA) is 74.6 Å². The summed E-state index contributed by atoms with van der Waals surface area (Å²) < 4.78 is 0. The van der Waals surface area contributed by atoms with Gasteiger partial charge in [0.2, 0.25) is 0 Å². The van der Waals surface area contributed by atoms with Gasteiger partial charge in [-0.2, -0.15) is 0 Å². The third-order valence-electron chi connectivity index (χ3n) is 5.84. The van der Waals surface area contributed by atoms with E-state index in [4.69, 9.17) is 0 Å². The zero-order valence-corrected chi connectivity index (χ0v) is 18.1. The van der Waals surface area contributed by atoms with Crippen molar-refractivity contribution in [2.24, 2.45) is 11.8 Å². The molecule has 0 heterocycles. The number of carboxylic acid groups (broad SMARTS) is 2. The van der Waals surface area contributed by atoms with Crippen molar-refractivity contribution in [3.8, 4) is 0 Å². The van der Waals surface area contributed by atoms with Gasteiger partial charge in [-0.3, -0.25) is 0 Å². The van der Waals surface area contributed by atoms with Crippen LogP contribution in [0.4, 0.5) is 0 Å². The number of carbonyl (C=O) groups is 2. The molecule has 1 rings (SSSR count). The number of benzene rings is 1. The van der Waals surface area contributed by atoms with Gasteiger partial charge in [-0.05, 0) is 41.9 Å². The van der Waals surface area contributed by atoms with Crippen molar-refractivity contribution in [3.63, 3.8) is 0 Å². The zero-order chi connectivity index (χ0) is 21.1. The standard InChI is InChI=1S/C24H38O4/c1-5-9-11-17(7-3)13-19-15-20(14-18(8-4)12-10-6-2)22(24(27)28)21(16-19)23(25)26/h15-18H,5-14H2,1-4H3,(H,25,26)(H,27,28). The highest BCUT2D eigenvalue weighted by molar-refractivity contribution is 6.03. The van der Waals surface area contributed by atoms with Crippen molar-refractivity contribution >= 4 is 11.9 Å². The summed E-state index contributed by atoms with van der Waals surface area (Å²) in [7, 11) is 0. The molecule has 1 aromatic rings. The molecular formula is C24H38O4. The van der Waals surface area contributed by atoms with Crippen LogP contribution in [0.3, 0.4) is 0 Å². The SMILES string of the molecule is CCCCC(CC)Cc1cc(CC(CC)CCCC)c(C(=O)O)c(C(=O)O)c1. The molecule has 0 fully saturated rings. The number of hydrogen-bond donors (Lipinski definition) is 2. The Morgan fingerprint density at radius 1 is 0.821 bits per heavy atom. The maximum atomic E-state index is 11.9. The minimum Gasteiger partial charge on any atom is -0.478 e. The van der Waals surface area contributed by atoms with E-state index >= 15 is 0 Å². The molecule has 4 nitrogen and oxygen atoms in total. The summed E-state index contributed by atoms with van der Waals surface area (Å²) in [5, 5.41) is 19.4. The van der Waals surface area contributed by atoms with Crippen molar-refractivity contribution in [1.29, 1.82) is 0 Å². The summed E-state index contributed by atoms with van der Waals surface area (Å²) in [5.74, 6) is -1.39. The van der Waals surface area contributed by atoms with Gasteiger partial charge in [-0.15, -0.1) is 0 Å². The number of carboxylic acids is 2. The number of hydrogen-bond acceptors (Lipinski definition) is 2. The van der Waals surface area contributed by atoms with Gasteiger partial charge >= 0.3 is 11.9 Å². The third-order valence-corrected chi connectivity index (χ3v) is 5.84. The fourth-order valence-corrected chi connectivity index (χ4v) is 4.00. The van der Waals surface area contributed by atoms with Gasteiger partial charge in [0.05, 0.1) is 11.1 Å². The molecule has 4 heteroatoms. The van der Waals surface area contributed by atoms with Gasteiger partial charge in [-0.1, -0.05) is 85.1 Å². The van der Waals surface area contributed by atoms with Crippen LogP contribution in [-0.2, 0) is 12.8 Å². The molecular weight excluding hydrogens is 352 g/mol. The first-order chi connectivity index (χ1) is 13.4. The Morgan fingerprint density at radius 3 is 1.79 bits per heavy atom. The molecule has 2 unspecified atom stereocenters. The Bertz CT molecular complexity index is 636. The van der Waals surface area contributed by atoms with Gasteiger partial charge in [0.15, 0.2) is 0 Å². The first-order valence-electron chi connectivity index (χ1n) is 11.0.